The zero-order chi connectivity index (χ0) is 28.6. The van der Waals surface area contributed by atoms with Crippen molar-refractivity contribution in [1.29, 1.82) is 0 Å². The minimum Gasteiger partial charge on any atom is -0.508 e. The average molecular weight is 549 g/mol. The number of hydrogen-bond donors (Lipinski definition) is 1. The lowest BCUT2D eigenvalue weighted by molar-refractivity contribution is -0.0847. The van der Waals surface area contributed by atoms with E-state index in [9.17, 15) is 5.11 Å². The summed E-state index contributed by atoms with van der Waals surface area (Å²) < 4.78 is 18.0. The number of hydrogen-bond acceptors (Lipinski definition) is 4. The molecule has 0 aliphatic heterocycles. The fraction of sp³-hybridized carbons (Fsp3) is 0.297. The van der Waals surface area contributed by atoms with Crippen LogP contribution in [0.3, 0.4) is 0 Å². The van der Waals surface area contributed by atoms with Crippen LogP contribution in [0.25, 0.3) is 21.5 Å². The molecule has 0 amide bonds. The van der Waals surface area contributed by atoms with Crippen LogP contribution < -0.4 is 4.74 Å². The molecule has 1 N–H and O–H groups in total. The predicted molar refractivity (Wildman–Crippen MR) is 168 cm³/mol. The van der Waals surface area contributed by atoms with E-state index in [4.69, 9.17) is 14.2 Å². The topological polar surface area (TPSA) is 47.9 Å². The summed E-state index contributed by atoms with van der Waals surface area (Å²) in [6.07, 6.45) is 1.74. The Morgan fingerprint density at radius 2 is 1.32 bits per heavy atom. The molecule has 0 saturated heterocycles. The molecule has 41 heavy (non-hydrogen) atoms. The van der Waals surface area contributed by atoms with Gasteiger partial charge in [-0.1, -0.05) is 86.6 Å². The normalized spacial score (nSPS) is 13.7. The molecule has 0 aliphatic rings. The Morgan fingerprint density at radius 1 is 0.707 bits per heavy atom. The summed E-state index contributed by atoms with van der Waals surface area (Å²) in [7, 11) is 0. The van der Waals surface area contributed by atoms with Gasteiger partial charge in [0, 0.05) is 0 Å². The van der Waals surface area contributed by atoms with E-state index in [0.29, 0.717) is 37.4 Å². The zero-order valence-electron chi connectivity index (χ0n) is 24.3. The number of benzene rings is 5. The van der Waals surface area contributed by atoms with E-state index in [0.717, 1.165) is 18.6 Å². The summed E-state index contributed by atoms with van der Waals surface area (Å²) in [4.78, 5) is 0. The van der Waals surface area contributed by atoms with E-state index < -0.39 is 0 Å². The molecule has 5 aromatic carbocycles. The van der Waals surface area contributed by atoms with E-state index in [-0.39, 0.29) is 6.29 Å². The largest absolute Gasteiger partial charge is 0.508 e. The number of phenolic OH excluding ortho intramolecular Hbond substituents is 1. The second-order valence-electron chi connectivity index (χ2n) is 10.8. The second-order valence-corrected chi connectivity index (χ2v) is 10.8. The van der Waals surface area contributed by atoms with Crippen molar-refractivity contribution in [3.05, 3.63) is 120 Å². The molecule has 3 unspecified atom stereocenters. The van der Waals surface area contributed by atoms with Gasteiger partial charge < -0.3 is 19.3 Å². The predicted octanol–water partition coefficient (Wildman–Crippen LogP) is 9.34. The number of fused-ring (bicyclic) bond motifs is 2. The van der Waals surface area contributed by atoms with Crippen molar-refractivity contribution < 1.29 is 19.3 Å². The molecule has 4 heteroatoms. The van der Waals surface area contributed by atoms with Crippen molar-refractivity contribution in [2.24, 2.45) is 0 Å². The summed E-state index contributed by atoms with van der Waals surface area (Å²) in [6.45, 7) is 7.88. The van der Waals surface area contributed by atoms with Gasteiger partial charge in [-0.15, -0.1) is 0 Å². The van der Waals surface area contributed by atoms with Crippen LogP contribution in [0.1, 0.15) is 62.1 Å². The molecule has 0 spiro atoms. The van der Waals surface area contributed by atoms with Crippen LogP contribution in [0, 0.1) is 0 Å². The molecule has 0 saturated carbocycles. The van der Waals surface area contributed by atoms with Gasteiger partial charge in [0.05, 0.1) is 19.8 Å². The Labute approximate surface area is 243 Å². The fourth-order valence-corrected chi connectivity index (χ4v) is 5.66. The van der Waals surface area contributed by atoms with Gasteiger partial charge in [-0.05, 0) is 100 Å². The Kier molecular flexibility index (Phi) is 9.55. The lowest BCUT2D eigenvalue weighted by atomic mass is 9.84. The van der Waals surface area contributed by atoms with Crippen LogP contribution in [-0.4, -0.2) is 24.6 Å². The fourth-order valence-electron chi connectivity index (χ4n) is 5.66. The highest BCUT2D eigenvalue weighted by atomic mass is 16.7. The number of ether oxygens (including phenoxy) is 3. The summed E-state index contributed by atoms with van der Waals surface area (Å²) in [5, 5.41) is 14.5. The number of rotatable bonds is 13. The molecular weight excluding hydrogens is 508 g/mol. The van der Waals surface area contributed by atoms with E-state index in [1.165, 1.54) is 38.2 Å². The molecule has 4 nitrogen and oxygen atoms in total. The van der Waals surface area contributed by atoms with Crippen LogP contribution >= 0.6 is 0 Å². The van der Waals surface area contributed by atoms with Gasteiger partial charge in [-0.3, -0.25) is 0 Å². The van der Waals surface area contributed by atoms with Gasteiger partial charge in [0.2, 0.25) is 0 Å². The maximum atomic E-state index is 9.58. The molecule has 0 heterocycles. The lowest BCUT2D eigenvalue weighted by Gasteiger charge is -2.21. The van der Waals surface area contributed by atoms with Crippen LogP contribution in [0.4, 0.5) is 0 Å². The SMILES string of the molecule is CCC(CC(C)c1ccc(O)cc1)c1ccc(OC(C)OCCOCc2c3ccccc3cc3ccccc23)cc1. The molecule has 3 atom stereocenters. The van der Waals surface area contributed by atoms with Crippen molar-refractivity contribution >= 4 is 21.5 Å². The molecule has 0 aliphatic carbocycles. The highest BCUT2D eigenvalue weighted by Gasteiger charge is 2.16. The van der Waals surface area contributed by atoms with Crippen molar-refractivity contribution in [3.63, 3.8) is 0 Å². The maximum absolute atomic E-state index is 9.58. The van der Waals surface area contributed by atoms with Crippen molar-refractivity contribution in [3.8, 4) is 11.5 Å². The standard InChI is InChI=1S/C37H40O4/c1-4-28(23-26(2)29-13-17-33(38)18-14-29)30-15-19-34(20-16-30)41-27(3)40-22-21-39-25-37-35-11-7-5-9-31(35)24-32-10-6-8-12-36(32)37/h5-20,24,26-28,38H,4,21-23,25H2,1-3H3. The monoisotopic (exact) mass is 548 g/mol. The summed E-state index contributed by atoms with van der Waals surface area (Å²) in [5.41, 5.74) is 3.78. The third kappa shape index (κ3) is 7.27. The number of phenols is 1. The third-order valence-corrected chi connectivity index (χ3v) is 7.96. The van der Waals surface area contributed by atoms with Crippen LogP contribution in [0.5, 0.6) is 11.5 Å². The van der Waals surface area contributed by atoms with E-state index >= 15 is 0 Å². The first-order chi connectivity index (χ1) is 20.0. The van der Waals surface area contributed by atoms with Crippen LogP contribution in [0.15, 0.2) is 103 Å². The summed E-state index contributed by atoms with van der Waals surface area (Å²) in [6, 6.07) is 35.1. The minimum absolute atomic E-state index is 0.309. The Bertz CT molecular complexity index is 1490. The van der Waals surface area contributed by atoms with Gasteiger partial charge in [0.15, 0.2) is 6.29 Å². The third-order valence-electron chi connectivity index (χ3n) is 7.96. The first-order valence-electron chi connectivity index (χ1n) is 14.7. The summed E-state index contributed by atoms with van der Waals surface area (Å²) >= 11 is 0. The number of aromatic hydroxyl groups is 1. The smallest absolute Gasteiger partial charge is 0.197 e. The highest BCUT2D eigenvalue weighted by molar-refractivity contribution is 6.02. The Balaban J connectivity index is 1.09. The van der Waals surface area contributed by atoms with E-state index in [2.05, 4.69) is 80.6 Å². The molecule has 0 fully saturated rings. The molecule has 0 aromatic heterocycles. The molecule has 0 radical (unpaired) electrons. The van der Waals surface area contributed by atoms with Gasteiger partial charge in [-0.2, -0.15) is 0 Å². The van der Waals surface area contributed by atoms with Crippen LogP contribution in [-0.2, 0) is 16.1 Å². The Hall–Kier alpha value is -3.86. The van der Waals surface area contributed by atoms with Crippen molar-refractivity contribution in [2.75, 3.05) is 13.2 Å². The maximum Gasteiger partial charge on any atom is 0.197 e. The van der Waals surface area contributed by atoms with Gasteiger partial charge in [0.1, 0.15) is 11.5 Å². The van der Waals surface area contributed by atoms with Crippen molar-refractivity contribution in [2.45, 2.75) is 58.3 Å². The zero-order valence-corrected chi connectivity index (χ0v) is 24.3. The average Bonchev–Trinajstić information content (AvgIpc) is 3.00. The molecule has 212 valence electrons. The molecule has 0 bridgehead atoms. The van der Waals surface area contributed by atoms with Crippen molar-refractivity contribution in [1.82, 2.24) is 0 Å². The van der Waals surface area contributed by atoms with Crippen LogP contribution in [0.2, 0.25) is 0 Å². The minimum atomic E-state index is -0.376. The Morgan fingerprint density at radius 3 is 1.95 bits per heavy atom. The molecule has 5 aromatic rings. The lowest BCUT2D eigenvalue weighted by Crippen LogP contribution is -2.19. The van der Waals surface area contributed by atoms with E-state index in [1.54, 1.807) is 12.1 Å². The van der Waals surface area contributed by atoms with Gasteiger partial charge >= 0.3 is 0 Å². The summed E-state index contributed by atoms with van der Waals surface area (Å²) in [5.74, 6) is 1.97. The molecular formula is C37H40O4. The quantitative estimate of drug-likeness (QED) is 0.0905. The van der Waals surface area contributed by atoms with Gasteiger partial charge in [-0.25, -0.2) is 0 Å². The second kappa shape index (κ2) is 13.7. The van der Waals surface area contributed by atoms with Gasteiger partial charge in [0.25, 0.3) is 0 Å². The first-order valence-corrected chi connectivity index (χ1v) is 14.7. The highest BCUT2D eigenvalue weighted by Crippen LogP contribution is 2.33. The molecule has 5 rings (SSSR count). The first kappa shape index (κ1) is 28.7. The van der Waals surface area contributed by atoms with E-state index in [1.807, 2.05) is 31.2 Å².